The van der Waals surface area contributed by atoms with Crippen molar-refractivity contribution in [3.63, 3.8) is 0 Å². The molecule has 3 atom stereocenters. The first-order chi connectivity index (χ1) is 8.86. The molecule has 0 amide bonds. The molecule has 0 fully saturated rings. The molecule has 0 radical (unpaired) electrons. The summed E-state index contributed by atoms with van der Waals surface area (Å²) in [6, 6.07) is 0. The van der Waals surface area contributed by atoms with Gasteiger partial charge >= 0.3 is 10.5 Å². The van der Waals surface area contributed by atoms with Crippen molar-refractivity contribution in [2.75, 3.05) is 26.4 Å². The summed E-state index contributed by atoms with van der Waals surface area (Å²) in [5.41, 5.74) is -3.28. The number of halogens is 9. The summed E-state index contributed by atoms with van der Waals surface area (Å²) in [7, 11) is 0. The molecule has 0 rings (SSSR count). The van der Waals surface area contributed by atoms with Gasteiger partial charge in [-0.1, -0.05) is 34.8 Å². The number of ether oxygens (including phenoxy) is 1. The van der Waals surface area contributed by atoms with Crippen molar-refractivity contribution in [3.05, 3.63) is 0 Å². The van der Waals surface area contributed by atoms with Crippen LogP contribution in [-0.4, -0.2) is 57.9 Å². The maximum Gasteiger partial charge on any atom is 0.373 e. The van der Waals surface area contributed by atoms with Crippen LogP contribution in [0.15, 0.2) is 0 Å². The second kappa shape index (κ2) is 9.66. The van der Waals surface area contributed by atoms with Crippen molar-refractivity contribution >= 4 is 46.4 Å². The lowest BCUT2D eigenvalue weighted by Gasteiger charge is -2.31. The minimum atomic E-state index is -4.90. The van der Waals surface area contributed by atoms with Crippen molar-refractivity contribution in [3.8, 4) is 0 Å². The van der Waals surface area contributed by atoms with Crippen LogP contribution >= 0.6 is 46.4 Å². The SMILES string of the molecule is FC(Cl)C(F)(Cl)C(F)(Cl)C(F)(F)Cl.OCCOCCO. The summed E-state index contributed by atoms with van der Waals surface area (Å²) in [5, 5.41) is 2.29. The van der Waals surface area contributed by atoms with Crippen molar-refractivity contribution in [2.24, 2.45) is 0 Å². The van der Waals surface area contributed by atoms with Gasteiger partial charge in [0.05, 0.1) is 26.4 Å². The zero-order valence-corrected chi connectivity index (χ0v) is 12.6. The van der Waals surface area contributed by atoms with Crippen LogP contribution in [0.1, 0.15) is 0 Å². The predicted octanol–water partition coefficient (Wildman–Crippen LogP) is 3.15. The van der Waals surface area contributed by atoms with Crippen LogP contribution in [0.2, 0.25) is 0 Å². The zero-order valence-electron chi connectivity index (χ0n) is 9.61. The van der Waals surface area contributed by atoms with Gasteiger partial charge in [-0.2, -0.15) is 8.78 Å². The molecular formula is C8H11Cl4F5O3. The highest BCUT2D eigenvalue weighted by Crippen LogP contribution is 2.53. The molecular weight excluding hydrogens is 381 g/mol. The van der Waals surface area contributed by atoms with Crippen LogP contribution in [0.25, 0.3) is 0 Å². The first-order valence-corrected chi connectivity index (χ1v) is 6.33. The fourth-order valence-electron chi connectivity index (χ4n) is 0.557. The fraction of sp³-hybridized carbons (Fsp3) is 1.00. The standard InChI is InChI=1S/C4HCl4F5.C4H10O3/c5-1(9)2(6,10)3(7,11)4(8,12)13;5-1-3-7-4-2-6/h1H;5-6H,1-4H2. The lowest BCUT2D eigenvalue weighted by atomic mass is 10.2. The second-order valence-electron chi connectivity index (χ2n) is 3.06. The molecule has 0 aliphatic heterocycles. The highest BCUT2D eigenvalue weighted by molar-refractivity contribution is 6.40. The Morgan fingerprint density at radius 1 is 0.950 bits per heavy atom. The third kappa shape index (κ3) is 7.11. The Morgan fingerprint density at radius 3 is 1.45 bits per heavy atom. The summed E-state index contributed by atoms with van der Waals surface area (Å²) in [4.78, 5) is 0. The van der Waals surface area contributed by atoms with Gasteiger partial charge in [0.15, 0.2) is 0 Å². The van der Waals surface area contributed by atoms with E-state index in [1.165, 1.54) is 0 Å². The molecule has 3 unspecified atom stereocenters. The summed E-state index contributed by atoms with van der Waals surface area (Å²) >= 11 is 17.2. The molecule has 0 aromatic carbocycles. The second-order valence-corrected chi connectivity index (χ2v) is 4.98. The van der Waals surface area contributed by atoms with Gasteiger partial charge in [0, 0.05) is 0 Å². The molecule has 12 heteroatoms. The molecule has 0 aromatic heterocycles. The summed E-state index contributed by atoms with van der Waals surface area (Å²) in [6.07, 6.45) is 0. The molecule has 0 bridgehead atoms. The fourth-order valence-corrected chi connectivity index (χ4v) is 1.16. The van der Waals surface area contributed by atoms with Crippen LogP contribution in [0, 0.1) is 0 Å². The van der Waals surface area contributed by atoms with Gasteiger partial charge in [0.25, 0.3) is 5.13 Å². The Balaban J connectivity index is 0. The van der Waals surface area contributed by atoms with Crippen molar-refractivity contribution in [1.29, 1.82) is 0 Å². The van der Waals surface area contributed by atoms with E-state index in [2.05, 4.69) is 51.1 Å². The molecule has 0 heterocycles. The topological polar surface area (TPSA) is 49.7 Å². The maximum atomic E-state index is 12.7. The van der Waals surface area contributed by atoms with E-state index < -0.39 is 21.3 Å². The first kappa shape index (κ1) is 23.0. The van der Waals surface area contributed by atoms with Crippen molar-refractivity contribution in [2.45, 2.75) is 21.3 Å². The van der Waals surface area contributed by atoms with Gasteiger partial charge in [0.2, 0.25) is 5.63 Å². The summed E-state index contributed by atoms with van der Waals surface area (Å²) in [6.45, 7) is 0.696. The molecule has 0 spiro atoms. The van der Waals surface area contributed by atoms with Crippen molar-refractivity contribution < 1.29 is 36.9 Å². The van der Waals surface area contributed by atoms with Crippen LogP contribution in [-0.2, 0) is 4.74 Å². The number of aliphatic hydroxyl groups excluding tert-OH is 2. The Bertz CT molecular complexity index is 259. The molecule has 124 valence electrons. The molecule has 3 nitrogen and oxygen atoms in total. The predicted molar refractivity (Wildman–Crippen MR) is 65.9 cm³/mol. The Hall–Kier alpha value is 0.690. The number of hydrogen-bond acceptors (Lipinski definition) is 3. The summed E-state index contributed by atoms with van der Waals surface area (Å²) in [5.74, 6) is 0. The van der Waals surface area contributed by atoms with E-state index in [1.54, 1.807) is 0 Å². The molecule has 0 aliphatic rings. The quantitative estimate of drug-likeness (QED) is 0.398. The van der Waals surface area contributed by atoms with E-state index in [1.807, 2.05) is 0 Å². The molecule has 0 aromatic rings. The van der Waals surface area contributed by atoms with E-state index in [-0.39, 0.29) is 13.2 Å². The van der Waals surface area contributed by atoms with E-state index in [4.69, 9.17) is 10.2 Å². The minimum Gasteiger partial charge on any atom is -0.394 e. The van der Waals surface area contributed by atoms with E-state index in [9.17, 15) is 22.0 Å². The molecule has 0 saturated heterocycles. The molecule has 0 saturated carbocycles. The lowest BCUT2D eigenvalue weighted by molar-refractivity contribution is -0.0866. The van der Waals surface area contributed by atoms with E-state index in [0.717, 1.165) is 0 Å². The van der Waals surface area contributed by atoms with Crippen LogP contribution in [0.5, 0.6) is 0 Å². The minimum absolute atomic E-state index is 0.0278. The average Bonchev–Trinajstić information content (AvgIpc) is 2.28. The third-order valence-electron chi connectivity index (χ3n) is 1.52. The molecule has 20 heavy (non-hydrogen) atoms. The third-order valence-corrected chi connectivity index (χ3v) is 3.35. The number of rotatable bonds is 7. The zero-order chi connectivity index (χ0) is 16.6. The van der Waals surface area contributed by atoms with Gasteiger partial charge in [-0.15, -0.1) is 0 Å². The average molecular weight is 392 g/mol. The smallest absolute Gasteiger partial charge is 0.373 e. The Morgan fingerprint density at radius 2 is 1.30 bits per heavy atom. The molecule has 2 N–H and O–H groups in total. The van der Waals surface area contributed by atoms with Gasteiger partial charge in [0.1, 0.15) is 0 Å². The summed E-state index contributed by atoms with van der Waals surface area (Å²) < 4.78 is 66.2. The van der Waals surface area contributed by atoms with Crippen molar-refractivity contribution in [1.82, 2.24) is 0 Å². The van der Waals surface area contributed by atoms with Gasteiger partial charge in [-0.3, -0.25) is 0 Å². The number of hydrogen-bond donors (Lipinski definition) is 2. The highest BCUT2D eigenvalue weighted by Gasteiger charge is 2.70. The molecule has 0 aliphatic carbocycles. The number of aliphatic hydroxyl groups is 2. The van der Waals surface area contributed by atoms with Crippen LogP contribution in [0.4, 0.5) is 22.0 Å². The van der Waals surface area contributed by atoms with Crippen LogP contribution in [0.3, 0.4) is 0 Å². The van der Waals surface area contributed by atoms with Gasteiger partial charge in [-0.25, -0.2) is 13.2 Å². The van der Waals surface area contributed by atoms with Gasteiger partial charge in [-0.05, 0) is 11.6 Å². The Labute approximate surface area is 131 Å². The van der Waals surface area contributed by atoms with Crippen LogP contribution < -0.4 is 0 Å². The maximum absolute atomic E-state index is 12.7. The monoisotopic (exact) mass is 390 g/mol. The Kier molecular flexibility index (Phi) is 11.1. The normalized spacial score (nSPS) is 19.4. The van der Waals surface area contributed by atoms with E-state index in [0.29, 0.717) is 13.2 Å². The lowest BCUT2D eigenvalue weighted by Crippen LogP contribution is -2.53. The first-order valence-electron chi connectivity index (χ1n) is 4.76. The number of alkyl halides is 9. The van der Waals surface area contributed by atoms with E-state index >= 15 is 0 Å². The highest BCUT2D eigenvalue weighted by atomic mass is 35.5. The van der Waals surface area contributed by atoms with Gasteiger partial charge < -0.3 is 14.9 Å². The largest absolute Gasteiger partial charge is 0.394 e.